The van der Waals surface area contributed by atoms with Gasteiger partial charge in [0.05, 0.1) is 0 Å². The maximum absolute atomic E-state index is 4.41. The van der Waals surface area contributed by atoms with Crippen molar-refractivity contribution >= 4 is 5.96 Å². The number of likely N-dealkylation sites (N-methyl/N-ethyl adjacent to an activating group) is 1. The van der Waals surface area contributed by atoms with E-state index in [0.717, 1.165) is 25.6 Å². The van der Waals surface area contributed by atoms with Crippen molar-refractivity contribution in [1.82, 2.24) is 9.80 Å². The van der Waals surface area contributed by atoms with Crippen LogP contribution >= 0.6 is 0 Å². The van der Waals surface area contributed by atoms with Crippen molar-refractivity contribution in [2.45, 2.75) is 60.3 Å². The summed E-state index contributed by atoms with van der Waals surface area (Å²) in [5, 5.41) is 0. The van der Waals surface area contributed by atoms with Crippen molar-refractivity contribution < 1.29 is 0 Å². The first-order valence-corrected chi connectivity index (χ1v) is 8.14. The maximum atomic E-state index is 4.41. The number of nitrogens with zero attached hydrogens (tertiary/aromatic N) is 3. The summed E-state index contributed by atoms with van der Waals surface area (Å²) in [4.78, 5) is 9.09. The van der Waals surface area contributed by atoms with E-state index in [4.69, 9.17) is 0 Å². The van der Waals surface area contributed by atoms with Gasteiger partial charge in [-0.1, -0.05) is 41.0 Å². The zero-order valence-corrected chi connectivity index (χ0v) is 14.8. The highest BCUT2D eigenvalue weighted by Crippen LogP contribution is 2.38. The Morgan fingerprint density at radius 1 is 1.10 bits per heavy atom. The second-order valence-corrected chi connectivity index (χ2v) is 7.89. The fourth-order valence-electron chi connectivity index (χ4n) is 3.49. The van der Waals surface area contributed by atoms with E-state index < -0.39 is 0 Å². The topological polar surface area (TPSA) is 18.8 Å². The van der Waals surface area contributed by atoms with Crippen LogP contribution in [0.1, 0.15) is 60.3 Å². The molecule has 0 aromatic rings. The quantitative estimate of drug-likeness (QED) is 0.706. The highest BCUT2D eigenvalue weighted by atomic mass is 15.4. The molecule has 1 heterocycles. The molecular weight excluding hydrogens is 246 g/mol. The van der Waals surface area contributed by atoms with Gasteiger partial charge in [-0.05, 0) is 30.1 Å². The SMILES string of the molecule is CCC(C)(C)CC(C)(C)CCCN1CCN(C)C1=NC. The Hall–Kier alpha value is -0.730. The summed E-state index contributed by atoms with van der Waals surface area (Å²) < 4.78 is 0. The molecule has 0 bridgehead atoms. The molecule has 20 heavy (non-hydrogen) atoms. The molecule has 0 atom stereocenters. The predicted octanol–water partition coefficient (Wildman–Crippen LogP) is 3.85. The Balaban J connectivity index is 2.40. The molecule has 0 radical (unpaired) electrons. The zero-order chi connectivity index (χ0) is 15.4. The van der Waals surface area contributed by atoms with E-state index in [2.05, 4.69) is 56.5 Å². The average molecular weight is 281 g/mol. The average Bonchev–Trinajstić information content (AvgIpc) is 2.68. The van der Waals surface area contributed by atoms with E-state index >= 15 is 0 Å². The Morgan fingerprint density at radius 2 is 1.75 bits per heavy atom. The van der Waals surface area contributed by atoms with Gasteiger partial charge in [-0.15, -0.1) is 0 Å². The van der Waals surface area contributed by atoms with Crippen LogP contribution < -0.4 is 0 Å². The van der Waals surface area contributed by atoms with Gasteiger partial charge < -0.3 is 9.80 Å². The molecule has 0 aliphatic carbocycles. The summed E-state index contributed by atoms with van der Waals surface area (Å²) in [7, 11) is 4.04. The summed E-state index contributed by atoms with van der Waals surface area (Å²) in [6.45, 7) is 15.3. The van der Waals surface area contributed by atoms with Crippen molar-refractivity contribution in [2.75, 3.05) is 33.7 Å². The van der Waals surface area contributed by atoms with Gasteiger partial charge in [0.2, 0.25) is 0 Å². The van der Waals surface area contributed by atoms with Crippen LogP contribution in [0.2, 0.25) is 0 Å². The first-order valence-electron chi connectivity index (χ1n) is 8.14. The third-order valence-corrected chi connectivity index (χ3v) is 4.73. The third kappa shape index (κ3) is 4.99. The minimum absolute atomic E-state index is 0.439. The van der Waals surface area contributed by atoms with Gasteiger partial charge in [0, 0.05) is 33.7 Å². The van der Waals surface area contributed by atoms with Gasteiger partial charge >= 0.3 is 0 Å². The Morgan fingerprint density at radius 3 is 2.30 bits per heavy atom. The van der Waals surface area contributed by atoms with E-state index in [-0.39, 0.29) is 0 Å². The first-order chi connectivity index (χ1) is 9.21. The smallest absolute Gasteiger partial charge is 0.196 e. The zero-order valence-electron chi connectivity index (χ0n) is 14.8. The molecule has 3 nitrogen and oxygen atoms in total. The van der Waals surface area contributed by atoms with Crippen LogP contribution in [0, 0.1) is 10.8 Å². The van der Waals surface area contributed by atoms with Gasteiger partial charge in [0.25, 0.3) is 0 Å². The number of rotatable bonds is 7. The molecule has 1 saturated heterocycles. The molecule has 1 rings (SSSR count). The highest BCUT2D eigenvalue weighted by molar-refractivity contribution is 5.81. The molecule has 1 aliphatic heterocycles. The summed E-state index contributed by atoms with van der Waals surface area (Å²) in [6.07, 6.45) is 5.14. The summed E-state index contributed by atoms with van der Waals surface area (Å²) in [5.41, 5.74) is 0.905. The fourth-order valence-corrected chi connectivity index (χ4v) is 3.49. The molecule has 0 N–H and O–H groups in total. The van der Waals surface area contributed by atoms with Crippen molar-refractivity contribution in [3.05, 3.63) is 0 Å². The summed E-state index contributed by atoms with van der Waals surface area (Å²) in [5.74, 6) is 1.16. The number of hydrogen-bond acceptors (Lipinski definition) is 1. The molecule has 0 amide bonds. The highest BCUT2D eigenvalue weighted by Gasteiger charge is 2.28. The largest absolute Gasteiger partial charge is 0.344 e. The van der Waals surface area contributed by atoms with Crippen LogP contribution in [0.3, 0.4) is 0 Å². The van der Waals surface area contributed by atoms with E-state index in [9.17, 15) is 0 Å². The Labute approximate surface area is 126 Å². The molecule has 0 aromatic heterocycles. The third-order valence-electron chi connectivity index (χ3n) is 4.73. The molecule has 118 valence electrons. The summed E-state index contributed by atoms with van der Waals surface area (Å²) in [6, 6.07) is 0. The van der Waals surface area contributed by atoms with E-state index in [1.165, 1.54) is 25.7 Å². The summed E-state index contributed by atoms with van der Waals surface area (Å²) >= 11 is 0. The van der Waals surface area contributed by atoms with Gasteiger partial charge in [-0.25, -0.2) is 0 Å². The van der Waals surface area contributed by atoms with Gasteiger partial charge in [-0.2, -0.15) is 0 Å². The monoisotopic (exact) mass is 281 g/mol. The first kappa shape index (κ1) is 17.3. The second kappa shape index (κ2) is 6.82. The lowest BCUT2D eigenvalue weighted by atomic mass is 9.72. The van der Waals surface area contributed by atoms with Crippen molar-refractivity contribution in [2.24, 2.45) is 15.8 Å². The Kier molecular flexibility index (Phi) is 5.91. The number of hydrogen-bond donors (Lipinski definition) is 0. The van der Waals surface area contributed by atoms with Crippen LogP contribution in [0.25, 0.3) is 0 Å². The van der Waals surface area contributed by atoms with E-state index in [0.29, 0.717) is 10.8 Å². The van der Waals surface area contributed by atoms with Crippen molar-refractivity contribution in [3.8, 4) is 0 Å². The Bertz CT molecular complexity index is 331. The molecule has 1 aliphatic rings. The minimum Gasteiger partial charge on any atom is -0.344 e. The van der Waals surface area contributed by atoms with Gasteiger partial charge in [0.15, 0.2) is 5.96 Å². The van der Waals surface area contributed by atoms with E-state index in [1.54, 1.807) is 0 Å². The molecule has 0 saturated carbocycles. The predicted molar refractivity (Wildman–Crippen MR) is 89.3 cm³/mol. The second-order valence-electron chi connectivity index (χ2n) is 7.89. The van der Waals surface area contributed by atoms with E-state index in [1.807, 2.05) is 7.05 Å². The van der Waals surface area contributed by atoms with Crippen molar-refractivity contribution in [1.29, 1.82) is 0 Å². The van der Waals surface area contributed by atoms with Crippen LogP contribution in [0.15, 0.2) is 4.99 Å². The van der Waals surface area contributed by atoms with Crippen LogP contribution in [0.4, 0.5) is 0 Å². The lowest BCUT2D eigenvalue weighted by Crippen LogP contribution is -2.32. The normalized spacial score (nSPS) is 19.2. The van der Waals surface area contributed by atoms with Gasteiger partial charge in [0.1, 0.15) is 0 Å². The fraction of sp³-hybridized carbons (Fsp3) is 0.941. The molecule has 3 heteroatoms. The lowest BCUT2D eigenvalue weighted by molar-refractivity contribution is 0.171. The number of guanidine groups is 1. The van der Waals surface area contributed by atoms with Crippen LogP contribution in [-0.2, 0) is 0 Å². The molecule has 1 fully saturated rings. The molecular formula is C17H35N3. The number of aliphatic imine (C=N–C) groups is 1. The van der Waals surface area contributed by atoms with Crippen molar-refractivity contribution in [3.63, 3.8) is 0 Å². The minimum atomic E-state index is 0.439. The molecule has 0 spiro atoms. The lowest BCUT2D eigenvalue weighted by Gasteiger charge is -2.35. The molecule has 0 aromatic carbocycles. The van der Waals surface area contributed by atoms with Crippen LogP contribution in [-0.4, -0.2) is 49.5 Å². The molecule has 0 unspecified atom stereocenters. The standard InChI is InChI=1S/C17H35N3/c1-8-16(2,3)14-17(4,5)10-9-11-20-13-12-19(7)15(20)18-6/h8-14H2,1-7H3. The van der Waals surface area contributed by atoms with Crippen LogP contribution in [0.5, 0.6) is 0 Å². The van der Waals surface area contributed by atoms with Gasteiger partial charge in [-0.3, -0.25) is 4.99 Å². The maximum Gasteiger partial charge on any atom is 0.196 e.